The van der Waals surface area contributed by atoms with Gasteiger partial charge in [-0.3, -0.25) is 0 Å². The number of aliphatic hydroxyl groups excluding tert-OH is 3. The third-order valence-corrected chi connectivity index (χ3v) is 16.8. The van der Waals surface area contributed by atoms with Crippen LogP contribution in [0, 0.1) is 0 Å². The van der Waals surface area contributed by atoms with E-state index in [0.717, 1.165) is 173 Å². The van der Waals surface area contributed by atoms with Crippen molar-refractivity contribution in [3.8, 4) is 0 Å². The number of hydrogen-bond acceptors (Lipinski definition) is 9. The molecule has 0 aromatic rings. The van der Waals surface area contributed by atoms with Crippen LogP contribution in [0.4, 0.5) is 0 Å². The molecule has 0 aliphatic carbocycles. The van der Waals surface area contributed by atoms with Crippen LogP contribution < -0.4 is 0 Å². The van der Waals surface area contributed by atoms with E-state index in [0.29, 0.717) is 19.3 Å². The summed E-state index contributed by atoms with van der Waals surface area (Å²) >= 11 is -4.08. The van der Waals surface area contributed by atoms with E-state index in [9.17, 15) is 29.7 Å². The third-order valence-electron chi connectivity index (χ3n) is 12.7. The number of unbranched alkanes of at least 4 members (excludes halogenated alkanes) is 30. The summed E-state index contributed by atoms with van der Waals surface area (Å²) in [5.41, 5.74) is 0. The fourth-order valence-electron chi connectivity index (χ4n) is 8.43. The molecule has 0 saturated heterocycles. The summed E-state index contributed by atoms with van der Waals surface area (Å²) in [6.07, 6.45) is 45.4. The Labute approximate surface area is 405 Å². The van der Waals surface area contributed by atoms with Gasteiger partial charge in [-0.15, -0.1) is 0 Å². The van der Waals surface area contributed by atoms with Crippen LogP contribution in [0.5, 0.6) is 0 Å². The van der Waals surface area contributed by atoms with Crippen molar-refractivity contribution in [2.45, 2.75) is 328 Å². The molecule has 0 aliphatic rings. The fourth-order valence-corrected chi connectivity index (χ4v) is 11.9. The van der Waals surface area contributed by atoms with Crippen LogP contribution in [0.3, 0.4) is 0 Å². The van der Waals surface area contributed by atoms with Crippen LogP contribution >= 0.6 is 0 Å². The van der Waals surface area contributed by atoms with Gasteiger partial charge in [-0.05, 0) is 19.3 Å². The summed E-state index contributed by atoms with van der Waals surface area (Å²) in [6, 6.07) is 0. The van der Waals surface area contributed by atoms with Crippen molar-refractivity contribution in [1.29, 1.82) is 0 Å². The first kappa shape index (κ1) is 63.2. The predicted octanol–water partition coefficient (Wildman–Crippen LogP) is 15.3. The standard InChI is InChI=1S/3C18H36O3.Bi/c3*1-2-3-4-11-14-17(19)15-12-9-7-5-6-8-10-13-16-18(20)21;/h3*17,19H,2-16H2,1H3,(H,20,21);/q;;;+3/p-3. The zero-order valence-electron chi connectivity index (χ0n) is 42.3. The van der Waals surface area contributed by atoms with Gasteiger partial charge in [-0.25, -0.2) is 0 Å². The van der Waals surface area contributed by atoms with Gasteiger partial charge in [0.2, 0.25) is 0 Å². The van der Waals surface area contributed by atoms with Gasteiger partial charge in [0.1, 0.15) is 0 Å². The fraction of sp³-hybridized carbons (Fsp3) is 0.944. The molecule has 0 fully saturated rings. The van der Waals surface area contributed by atoms with Crippen LogP contribution in [0.15, 0.2) is 0 Å². The molecule has 0 heterocycles. The Bertz CT molecular complexity index is 890. The molecule has 0 aromatic heterocycles. The van der Waals surface area contributed by atoms with Gasteiger partial charge in [-0.2, -0.15) is 0 Å². The van der Waals surface area contributed by atoms with E-state index in [1.807, 2.05) is 0 Å². The Morgan fingerprint density at radius 2 is 0.469 bits per heavy atom. The van der Waals surface area contributed by atoms with E-state index >= 15 is 0 Å². The molecule has 0 amide bonds. The van der Waals surface area contributed by atoms with Crippen LogP contribution in [-0.4, -0.2) is 74.6 Å². The minimum atomic E-state index is -4.08. The molecule has 0 bridgehead atoms. The molecule has 0 rings (SSSR count). The summed E-state index contributed by atoms with van der Waals surface area (Å²) in [6.45, 7) is 6.63. The summed E-state index contributed by atoms with van der Waals surface area (Å²) in [4.78, 5) is 38.5. The van der Waals surface area contributed by atoms with Crippen molar-refractivity contribution in [3.63, 3.8) is 0 Å². The Hall–Kier alpha value is -0.827. The van der Waals surface area contributed by atoms with Crippen molar-refractivity contribution in [1.82, 2.24) is 0 Å². The number of aliphatic hydroxyl groups is 3. The van der Waals surface area contributed by atoms with Gasteiger partial charge in [0.15, 0.2) is 0 Å². The van der Waals surface area contributed by atoms with Crippen LogP contribution in [-0.2, 0) is 22.8 Å². The molecule has 0 aliphatic heterocycles. The van der Waals surface area contributed by atoms with Gasteiger partial charge >= 0.3 is 256 Å². The molecule has 3 atom stereocenters. The van der Waals surface area contributed by atoms with Gasteiger partial charge < -0.3 is 15.3 Å². The summed E-state index contributed by atoms with van der Waals surface area (Å²) in [5.74, 6) is -1.31. The minimum absolute atomic E-state index is 0.150. The molecule has 9 nitrogen and oxygen atoms in total. The number of carbonyl (C=O) groups is 3. The Morgan fingerprint density at radius 1 is 0.297 bits per heavy atom. The molecule has 0 radical (unpaired) electrons. The average molecular weight is 1110 g/mol. The number of rotatable bonds is 51. The molecule has 0 saturated carbocycles. The van der Waals surface area contributed by atoms with E-state index in [-0.39, 0.29) is 37.6 Å². The van der Waals surface area contributed by atoms with Crippen LogP contribution in [0.1, 0.15) is 310 Å². The van der Waals surface area contributed by atoms with Gasteiger partial charge in [0.05, 0.1) is 18.3 Å². The maximum absolute atomic E-state index is 12.8. The molecular formula is C54H105BiO9. The predicted molar refractivity (Wildman–Crippen MR) is 267 cm³/mol. The van der Waals surface area contributed by atoms with Crippen molar-refractivity contribution in [2.24, 2.45) is 0 Å². The first-order chi connectivity index (χ1) is 31.2. The minimum Gasteiger partial charge on any atom is -0.393 e. The quantitative estimate of drug-likeness (QED) is 0.0401. The molecule has 380 valence electrons. The van der Waals surface area contributed by atoms with E-state index < -0.39 is 41.0 Å². The summed E-state index contributed by atoms with van der Waals surface area (Å²) < 4.78 is 16.9. The van der Waals surface area contributed by atoms with Crippen molar-refractivity contribution < 1.29 is 38.1 Å². The Kier molecular flexibility index (Phi) is 49.4. The molecule has 10 heteroatoms. The second kappa shape index (κ2) is 50.1. The summed E-state index contributed by atoms with van der Waals surface area (Å²) in [5, 5.41) is 30.5. The normalized spacial score (nSPS) is 13.0. The van der Waals surface area contributed by atoms with E-state index in [1.54, 1.807) is 0 Å². The van der Waals surface area contributed by atoms with Crippen molar-refractivity contribution in [2.75, 3.05) is 0 Å². The second-order valence-electron chi connectivity index (χ2n) is 19.2. The van der Waals surface area contributed by atoms with E-state index in [2.05, 4.69) is 20.8 Å². The van der Waals surface area contributed by atoms with Gasteiger partial charge in [0.25, 0.3) is 0 Å². The Balaban J connectivity index is 4.43. The van der Waals surface area contributed by atoms with Crippen LogP contribution in [0.2, 0.25) is 0 Å². The summed E-state index contributed by atoms with van der Waals surface area (Å²) in [7, 11) is 0. The monoisotopic (exact) mass is 1110 g/mol. The van der Waals surface area contributed by atoms with Gasteiger partial charge in [-0.1, -0.05) is 97.8 Å². The van der Waals surface area contributed by atoms with E-state index in [1.165, 1.54) is 77.0 Å². The van der Waals surface area contributed by atoms with Crippen LogP contribution in [0.25, 0.3) is 0 Å². The Morgan fingerprint density at radius 3 is 0.672 bits per heavy atom. The third kappa shape index (κ3) is 47.7. The molecule has 3 unspecified atom stereocenters. The van der Waals surface area contributed by atoms with Crippen molar-refractivity contribution in [3.05, 3.63) is 0 Å². The topological polar surface area (TPSA) is 140 Å². The average Bonchev–Trinajstić information content (AvgIpc) is 3.27. The number of carbonyl (C=O) groups excluding carboxylic acids is 3. The second-order valence-corrected chi connectivity index (χ2v) is 23.1. The molecule has 64 heavy (non-hydrogen) atoms. The first-order valence-corrected chi connectivity index (χ1v) is 31.9. The zero-order chi connectivity index (χ0) is 47.0. The molecule has 0 aromatic carbocycles. The zero-order valence-corrected chi connectivity index (χ0v) is 45.8. The van der Waals surface area contributed by atoms with Crippen molar-refractivity contribution >= 4 is 41.0 Å². The SMILES string of the molecule is CCCCCCC(O)CCCCCCCCCCC(=O)[O][Bi]([O]C(=O)CCCCCCCCCCC(O)CCCCCC)[O]C(=O)CCCCCCCCCCC(O)CCCCCC. The first-order valence-electron chi connectivity index (χ1n) is 27.7. The maximum atomic E-state index is 12.8. The molecule has 3 N–H and O–H groups in total. The number of hydrogen-bond donors (Lipinski definition) is 3. The molecular weight excluding hydrogens is 1000 g/mol. The van der Waals surface area contributed by atoms with E-state index in [4.69, 9.17) is 8.44 Å². The van der Waals surface area contributed by atoms with Gasteiger partial charge in [0, 0.05) is 0 Å². The smallest absolute Gasteiger partial charge is 0.393 e. The molecule has 0 spiro atoms.